The summed E-state index contributed by atoms with van der Waals surface area (Å²) in [6.45, 7) is 7.81. The lowest BCUT2D eigenvalue weighted by molar-refractivity contribution is 0.152. The molecule has 2 N–H and O–H groups in total. The van der Waals surface area contributed by atoms with E-state index in [0.717, 1.165) is 40.0 Å². The maximum absolute atomic E-state index is 13.0. The van der Waals surface area contributed by atoms with Gasteiger partial charge in [-0.05, 0) is 89.5 Å². The Morgan fingerprint density at radius 1 is 1.14 bits per heavy atom. The maximum atomic E-state index is 13.0. The Balaban J connectivity index is 1.64. The Morgan fingerprint density at radius 3 is 2.58 bits per heavy atom. The van der Waals surface area contributed by atoms with Crippen LogP contribution in [0.1, 0.15) is 53.9 Å². The van der Waals surface area contributed by atoms with Crippen LogP contribution in [0.15, 0.2) is 47.3 Å². The topological polar surface area (TPSA) is 109 Å². The zero-order valence-electron chi connectivity index (χ0n) is 21.4. The molecule has 1 atom stereocenters. The minimum absolute atomic E-state index is 0.0657. The summed E-state index contributed by atoms with van der Waals surface area (Å²) >= 11 is 0. The van der Waals surface area contributed by atoms with E-state index in [0.29, 0.717) is 31.6 Å². The fraction of sp³-hybridized carbons (Fsp3) is 0.407. The SMILES string of the molecule is CC[C@H](c1nnnn1Cc1ccc(OC)cc1)N(CCCO)Cc1cc2cc(C)c(C)cc2[nH]c1=O. The van der Waals surface area contributed by atoms with Gasteiger partial charge in [0.2, 0.25) is 0 Å². The van der Waals surface area contributed by atoms with Crippen LogP contribution >= 0.6 is 0 Å². The summed E-state index contributed by atoms with van der Waals surface area (Å²) in [5.41, 5.74) is 4.79. The van der Waals surface area contributed by atoms with Crippen LogP contribution in [0.5, 0.6) is 5.75 Å². The van der Waals surface area contributed by atoms with Crippen LogP contribution in [0, 0.1) is 13.8 Å². The number of aryl methyl sites for hydroxylation is 2. The molecule has 0 bridgehead atoms. The fourth-order valence-electron chi connectivity index (χ4n) is 4.55. The maximum Gasteiger partial charge on any atom is 0.252 e. The number of ether oxygens (including phenoxy) is 1. The molecule has 0 spiro atoms. The van der Waals surface area contributed by atoms with Crippen molar-refractivity contribution in [3.8, 4) is 5.75 Å². The summed E-state index contributed by atoms with van der Waals surface area (Å²) in [6.07, 6.45) is 1.33. The molecule has 2 aromatic carbocycles. The normalized spacial score (nSPS) is 12.4. The molecule has 0 aliphatic carbocycles. The van der Waals surface area contributed by atoms with Crippen molar-refractivity contribution in [2.24, 2.45) is 0 Å². The van der Waals surface area contributed by atoms with Gasteiger partial charge < -0.3 is 14.8 Å². The zero-order valence-corrected chi connectivity index (χ0v) is 21.4. The summed E-state index contributed by atoms with van der Waals surface area (Å²) in [6, 6.07) is 13.8. The minimum Gasteiger partial charge on any atom is -0.497 e. The molecule has 0 amide bonds. The van der Waals surface area contributed by atoms with Crippen molar-refractivity contribution in [3.05, 3.63) is 80.9 Å². The molecule has 9 heteroatoms. The summed E-state index contributed by atoms with van der Waals surface area (Å²) < 4.78 is 7.06. The second-order valence-electron chi connectivity index (χ2n) is 9.16. The number of nitrogens with one attached hydrogen (secondary N) is 1. The van der Waals surface area contributed by atoms with Crippen molar-refractivity contribution in [1.29, 1.82) is 0 Å². The molecule has 36 heavy (non-hydrogen) atoms. The van der Waals surface area contributed by atoms with Gasteiger partial charge in [-0.25, -0.2) is 4.68 Å². The highest BCUT2D eigenvalue weighted by Crippen LogP contribution is 2.26. The highest BCUT2D eigenvalue weighted by atomic mass is 16.5. The zero-order chi connectivity index (χ0) is 25.7. The number of nitrogens with zero attached hydrogens (tertiary/aromatic N) is 5. The number of pyridine rings is 1. The van der Waals surface area contributed by atoms with Gasteiger partial charge in [-0.3, -0.25) is 9.69 Å². The van der Waals surface area contributed by atoms with Crippen molar-refractivity contribution in [1.82, 2.24) is 30.1 Å². The summed E-state index contributed by atoms with van der Waals surface area (Å²) in [7, 11) is 1.64. The predicted molar refractivity (Wildman–Crippen MR) is 139 cm³/mol. The van der Waals surface area contributed by atoms with E-state index in [-0.39, 0.29) is 18.2 Å². The highest BCUT2D eigenvalue weighted by molar-refractivity contribution is 5.80. The van der Waals surface area contributed by atoms with E-state index in [2.05, 4.69) is 45.3 Å². The van der Waals surface area contributed by atoms with E-state index >= 15 is 0 Å². The molecule has 0 fully saturated rings. The molecular weight excluding hydrogens is 456 g/mol. The summed E-state index contributed by atoms with van der Waals surface area (Å²) in [5.74, 6) is 1.53. The Bertz CT molecular complexity index is 1360. The van der Waals surface area contributed by atoms with Crippen LogP contribution in [0.3, 0.4) is 0 Å². The van der Waals surface area contributed by atoms with Crippen LogP contribution in [-0.2, 0) is 13.1 Å². The highest BCUT2D eigenvalue weighted by Gasteiger charge is 2.25. The van der Waals surface area contributed by atoms with Gasteiger partial charge in [-0.15, -0.1) is 5.10 Å². The first-order valence-electron chi connectivity index (χ1n) is 12.3. The first-order chi connectivity index (χ1) is 17.4. The lowest BCUT2D eigenvalue weighted by Crippen LogP contribution is -2.34. The molecule has 2 heterocycles. The lowest BCUT2D eigenvalue weighted by Gasteiger charge is -2.30. The van der Waals surface area contributed by atoms with E-state index in [1.165, 1.54) is 5.56 Å². The Hall–Kier alpha value is -3.56. The number of hydrogen-bond donors (Lipinski definition) is 2. The quantitative estimate of drug-likeness (QED) is 0.331. The number of tetrazole rings is 1. The van der Waals surface area contributed by atoms with Gasteiger partial charge in [0.15, 0.2) is 5.82 Å². The van der Waals surface area contributed by atoms with Crippen LogP contribution in [-0.4, -0.2) is 55.5 Å². The summed E-state index contributed by atoms with van der Waals surface area (Å²) in [5, 5.41) is 23.1. The average molecular weight is 491 g/mol. The molecule has 0 radical (unpaired) electrons. The van der Waals surface area contributed by atoms with Crippen molar-refractivity contribution in [2.75, 3.05) is 20.3 Å². The molecule has 190 valence electrons. The second kappa shape index (κ2) is 11.5. The third kappa shape index (κ3) is 5.63. The van der Waals surface area contributed by atoms with Crippen molar-refractivity contribution in [3.63, 3.8) is 0 Å². The number of rotatable bonds is 11. The van der Waals surface area contributed by atoms with Crippen molar-refractivity contribution in [2.45, 2.75) is 52.7 Å². The molecule has 9 nitrogen and oxygen atoms in total. The number of aliphatic hydroxyl groups excluding tert-OH is 1. The molecule has 2 aromatic heterocycles. The average Bonchev–Trinajstić information content (AvgIpc) is 3.32. The van der Waals surface area contributed by atoms with Gasteiger partial charge in [0.05, 0.1) is 19.7 Å². The number of hydrogen-bond acceptors (Lipinski definition) is 7. The number of aliphatic hydroxyl groups is 1. The monoisotopic (exact) mass is 490 g/mol. The van der Waals surface area contributed by atoms with Gasteiger partial charge in [-0.2, -0.15) is 0 Å². The van der Waals surface area contributed by atoms with E-state index < -0.39 is 0 Å². The third-order valence-electron chi connectivity index (χ3n) is 6.69. The fourth-order valence-corrected chi connectivity index (χ4v) is 4.55. The first-order valence-corrected chi connectivity index (χ1v) is 12.3. The first kappa shape index (κ1) is 25.5. The number of fused-ring (bicyclic) bond motifs is 1. The van der Waals surface area contributed by atoms with Crippen molar-refractivity contribution >= 4 is 10.9 Å². The van der Waals surface area contributed by atoms with Gasteiger partial charge in [0, 0.05) is 30.8 Å². The second-order valence-corrected chi connectivity index (χ2v) is 9.16. The largest absolute Gasteiger partial charge is 0.497 e. The Kier molecular flexibility index (Phi) is 8.12. The number of benzene rings is 2. The van der Waals surface area contributed by atoms with Gasteiger partial charge >= 0.3 is 0 Å². The molecular formula is C27H34N6O3. The molecule has 0 aliphatic rings. The molecule has 0 saturated heterocycles. The molecule has 0 saturated carbocycles. The predicted octanol–water partition coefficient (Wildman–Crippen LogP) is 3.52. The van der Waals surface area contributed by atoms with Crippen LogP contribution in [0.4, 0.5) is 0 Å². The molecule has 4 rings (SSSR count). The number of aromatic amines is 1. The minimum atomic E-state index is -0.125. The number of H-pyrrole nitrogens is 1. The summed E-state index contributed by atoms with van der Waals surface area (Å²) in [4.78, 5) is 18.2. The van der Waals surface area contributed by atoms with Crippen molar-refractivity contribution < 1.29 is 9.84 Å². The van der Waals surface area contributed by atoms with E-state index in [1.54, 1.807) is 11.8 Å². The molecule has 0 unspecified atom stereocenters. The van der Waals surface area contributed by atoms with E-state index in [9.17, 15) is 9.90 Å². The number of aromatic nitrogens is 5. The third-order valence-corrected chi connectivity index (χ3v) is 6.69. The Morgan fingerprint density at radius 2 is 1.89 bits per heavy atom. The van der Waals surface area contributed by atoms with E-state index in [4.69, 9.17) is 4.74 Å². The lowest BCUT2D eigenvalue weighted by atomic mass is 10.0. The van der Waals surface area contributed by atoms with Gasteiger partial charge in [-0.1, -0.05) is 19.1 Å². The van der Waals surface area contributed by atoms with Gasteiger partial charge in [0.1, 0.15) is 5.75 Å². The van der Waals surface area contributed by atoms with Gasteiger partial charge in [0.25, 0.3) is 5.56 Å². The Labute approximate surface area is 210 Å². The van der Waals surface area contributed by atoms with Crippen LogP contribution < -0.4 is 10.3 Å². The van der Waals surface area contributed by atoms with E-state index in [1.807, 2.05) is 43.3 Å². The molecule has 4 aromatic rings. The standard InChI is InChI=1S/C27H34N6O3/c1-5-25(26-29-30-31-33(26)16-20-7-9-23(36-4)10-8-20)32(11-6-12-34)17-22-15-21-13-18(2)19(3)14-24(21)28-27(22)35/h7-10,13-15,25,34H,5-6,11-12,16-17H2,1-4H3,(H,28,35)/t25-/m1/s1. The smallest absolute Gasteiger partial charge is 0.252 e. The van der Waals surface area contributed by atoms with Crippen LogP contribution in [0.25, 0.3) is 10.9 Å². The number of methoxy groups -OCH3 is 1. The van der Waals surface area contributed by atoms with Crippen LogP contribution in [0.2, 0.25) is 0 Å². The molecule has 0 aliphatic heterocycles.